The maximum absolute atomic E-state index is 7.33. The molecule has 4 N–H and O–H groups in total. The second-order valence-electron chi connectivity index (χ2n) is 0.600. The van der Waals surface area contributed by atoms with Crippen molar-refractivity contribution in [2.45, 2.75) is 0 Å². The summed E-state index contributed by atoms with van der Waals surface area (Å²) in [6.07, 6.45) is 0. The molecule has 0 heterocycles. The Bertz CT molecular complexity index is 27.2. The summed E-state index contributed by atoms with van der Waals surface area (Å²) in [7, 11) is -4.61. The first-order valence-corrected chi connectivity index (χ1v) is 2.68. The fourth-order valence-corrected chi connectivity index (χ4v) is 0. The Morgan fingerprint density at radius 2 is 0.857 bits per heavy atom. The van der Waals surface area contributed by atoms with Crippen molar-refractivity contribution < 1.29 is 55.7 Å². The zero-order valence-corrected chi connectivity index (χ0v) is 8.21. The summed E-state index contributed by atoms with van der Waals surface area (Å²) < 4.78 is 0. The number of hydrogen-bond acceptors (Lipinski definition) is 4. The summed E-state index contributed by atoms with van der Waals surface area (Å²) in [5.74, 6) is 0. The molecule has 0 aliphatic rings. The van der Waals surface area contributed by atoms with Crippen LogP contribution in [0.3, 0.4) is 0 Å². The molecule has 7 heteroatoms. The molecule has 0 saturated carbocycles. The Kier molecular flexibility index (Phi) is 12.0. The molecule has 0 aromatic rings. The summed E-state index contributed by atoms with van der Waals surface area (Å²) in [4.78, 5) is 29.3. The molecule has 0 saturated heterocycles. The van der Waals surface area contributed by atoms with Crippen molar-refractivity contribution in [1.29, 1.82) is 0 Å². The van der Waals surface area contributed by atoms with E-state index in [-0.39, 0.29) is 36.5 Å². The molecular weight excluding hydrogens is 221 g/mol. The van der Waals surface area contributed by atoms with E-state index in [0.717, 1.165) is 0 Å². The molecule has 0 spiro atoms. The molecule has 0 aliphatic heterocycles. The predicted octanol–water partition coefficient (Wildman–Crippen LogP) is -2.61. The number of hydrogen-bond donors (Lipinski definition) is 4. The van der Waals surface area contributed by atoms with Gasteiger partial charge in [0.05, 0.1) is 0 Å². The fourth-order valence-electron chi connectivity index (χ4n) is 0. The molecule has 1 radical (unpaired) electrons. The molecule has 0 aliphatic carbocycles. The van der Waals surface area contributed by atoms with E-state index in [0.29, 0.717) is 0 Å². The predicted molar refractivity (Wildman–Crippen MR) is 14.6 cm³/mol. The van der Waals surface area contributed by atoms with Gasteiger partial charge in [-0.25, -0.2) is 0 Å². The minimum absolute atomic E-state index is 0. The maximum Gasteiger partial charge on any atom is 0.668 e. The van der Waals surface area contributed by atoms with Gasteiger partial charge >= 0.3 is 9.05 Å². The van der Waals surface area contributed by atoms with Gasteiger partial charge in [-0.1, -0.05) is 0 Å². The minimum atomic E-state index is -4.61. The standard InChI is InChI=1S/Cu.H4O4Si.Zn/c;1-5(2,3)4;/h;1-4H;. The van der Waals surface area contributed by atoms with Gasteiger partial charge < -0.3 is 19.2 Å². The van der Waals surface area contributed by atoms with Crippen LogP contribution in [0.15, 0.2) is 0 Å². The van der Waals surface area contributed by atoms with Gasteiger partial charge in [0.2, 0.25) is 0 Å². The van der Waals surface area contributed by atoms with Crippen molar-refractivity contribution in [2.75, 3.05) is 0 Å². The summed E-state index contributed by atoms with van der Waals surface area (Å²) >= 11 is 0. The zero-order chi connectivity index (χ0) is 4.50. The summed E-state index contributed by atoms with van der Waals surface area (Å²) in [6, 6.07) is 0. The summed E-state index contributed by atoms with van der Waals surface area (Å²) in [6.45, 7) is 0. The Labute approximate surface area is 64.9 Å². The minimum Gasteiger partial charge on any atom is -0.368 e. The van der Waals surface area contributed by atoms with Gasteiger partial charge in [0, 0.05) is 36.5 Å². The van der Waals surface area contributed by atoms with Crippen LogP contribution in [0.5, 0.6) is 0 Å². The van der Waals surface area contributed by atoms with Crippen LogP contribution in [0.4, 0.5) is 0 Å². The van der Waals surface area contributed by atoms with Crippen molar-refractivity contribution in [3.63, 3.8) is 0 Å². The largest absolute Gasteiger partial charge is 0.668 e. The third-order valence-corrected chi connectivity index (χ3v) is 0. The van der Waals surface area contributed by atoms with Crippen molar-refractivity contribution in [2.24, 2.45) is 0 Å². The summed E-state index contributed by atoms with van der Waals surface area (Å²) in [5.41, 5.74) is 0. The maximum atomic E-state index is 7.33. The first-order chi connectivity index (χ1) is 2.00. The van der Waals surface area contributed by atoms with Gasteiger partial charge in [-0.15, -0.1) is 0 Å². The molecule has 0 rings (SSSR count). The Balaban J connectivity index is -0.0000000800. The van der Waals surface area contributed by atoms with Crippen molar-refractivity contribution in [3.8, 4) is 0 Å². The monoisotopic (exact) mass is 223 g/mol. The molecule has 0 bridgehead atoms. The average Bonchev–Trinajstić information content (AvgIpc) is 0.722. The van der Waals surface area contributed by atoms with Crippen LogP contribution >= 0.6 is 0 Å². The van der Waals surface area contributed by atoms with E-state index in [4.69, 9.17) is 19.2 Å². The molecule has 0 aromatic carbocycles. The van der Waals surface area contributed by atoms with Crippen LogP contribution < -0.4 is 0 Å². The van der Waals surface area contributed by atoms with Gasteiger partial charge in [-0.2, -0.15) is 0 Å². The van der Waals surface area contributed by atoms with Crippen LogP contribution in [-0.4, -0.2) is 28.2 Å². The molecule has 0 unspecified atom stereocenters. The Hall–Kier alpha value is 1.20. The molecule has 0 atom stereocenters. The quantitative estimate of drug-likeness (QED) is 0.340. The van der Waals surface area contributed by atoms with Gasteiger partial charge in [0.15, 0.2) is 0 Å². The van der Waals surface area contributed by atoms with E-state index in [2.05, 4.69) is 0 Å². The van der Waals surface area contributed by atoms with E-state index in [1.807, 2.05) is 0 Å². The second kappa shape index (κ2) is 5.34. The fraction of sp³-hybridized carbons (Fsp3) is 0. The summed E-state index contributed by atoms with van der Waals surface area (Å²) in [5, 5.41) is 0. The smallest absolute Gasteiger partial charge is 0.368 e. The third kappa shape index (κ3) is 135. The van der Waals surface area contributed by atoms with Gasteiger partial charge in [0.25, 0.3) is 0 Å². The first-order valence-electron chi connectivity index (χ1n) is 0.894. The zero-order valence-electron chi connectivity index (χ0n) is 3.30. The van der Waals surface area contributed by atoms with Gasteiger partial charge in [-0.05, 0) is 0 Å². The van der Waals surface area contributed by atoms with Gasteiger partial charge in [-0.3, -0.25) is 0 Å². The Morgan fingerprint density at radius 1 is 0.857 bits per heavy atom. The molecule has 0 aromatic heterocycles. The van der Waals surface area contributed by atoms with Crippen molar-refractivity contribution in [1.82, 2.24) is 0 Å². The molecular formula is H4CuO4SiZn. The molecule has 0 amide bonds. The van der Waals surface area contributed by atoms with E-state index in [9.17, 15) is 0 Å². The third-order valence-electron chi connectivity index (χ3n) is 0. The van der Waals surface area contributed by atoms with Crippen molar-refractivity contribution in [3.05, 3.63) is 0 Å². The van der Waals surface area contributed by atoms with E-state index >= 15 is 0 Å². The topological polar surface area (TPSA) is 80.9 Å². The molecule has 0 fully saturated rings. The molecule has 7 heavy (non-hydrogen) atoms. The van der Waals surface area contributed by atoms with Crippen LogP contribution in [0.25, 0.3) is 0 Å². The van der Waals surface area contributed by atoms with Crippen LogP contribution in [0.1, 0.15) is 0 Å². The molecule has 4 nitrogen and oxygen atoms in total. The second-order valence-corrected chi connectivity index (χ2v) is 1.80. The number of rotatable bonds is 0. The van der Waals surface area contributed by atoms with Crippen LogP contribution in [-0.2, 0) is 36.5 Å². The normalized spacial score (nSPS) is 8.57. The SMILES string of the molecule is O[Si](O)(O)O.[Cu].[Zn]. The van der Waals surface area contributed by atoms with E-state index < -0.39 is 9.05 Å². The Morgan fingerprint density at radius 3 is 0.857 bits per heavy atom. The molecule has 45 valence electrons. The van der Waals surface area contributed by atoms with Crippen LogP contribution in [0, 0.1) is 0 Å². The van der Waals surface area contributed by atoms with Crippen molar-refractivity contribution >= 4 is 9.05 Å². The van der Waals surface area contributed by atoms with Gasteiger partial charge in [0.1, 0.15) is 0 Å². The first kappa shape index (κ1) is 15.7. The van der Waals surface area contributed by atoms with E-state index in [1.54, 1.807) is 0 Å². The van der Waals surface area contributed by atoms with Crippen LogP contribution in [0.2, 0.25) is 0 Å². The van der Waals surface area contributed by atoms with E-state index in [1.165, 1.54) is 0 Å². The average molecular weight is 225 g/mol.